The van der Waals surface area contributed by atoms with Crippen LogP contribution < -0.4 is 14.2 Å². The molecule has 1 amide bonds. The Labute approximate surface area is 133 Å². The molecule has 0 radical (unpaired) electrons. The van der Waals surface area contributed by atoms with Crippen LogP contribution in [-0.4, -0.2) is 51.4 Å². The van der Waals surface area contributed by atoms with Gasteiger partial charge in [-0.2, -0.15) is 0 Å². The number of methoxy groups -OCH3 is 3. The zero-order chi connectivity index (χ0) is 17.6. The minimum Gasteiger partial charge on any atom is -0.493 e. The van der Waals surface area contributed by atoms with Gasteiger partial charge in [0, 0.05) is 13.1 Å². The van der Waals surface area contributed by atoms with Crippen LogP contribution in [0, 0.1) is 10.1 Å². The van der Waals surface area contributed by atoms with Crippen molar-refractivity contribution in [2.24, 2.45) is 0 Å². The monoisotopic (exact) mass is 326 g/mol. The van der Waals surface area contributed by atoms with E-state index in [4.69, 9.17) is 14.2 Å². The molecular formula is C14H18N2O7. The van der Waals surface area contributed by atoms with Gasteiger partial charge >= 0.3 is 11.6 Å². The first-order valence-electron chi connectivity index (χ1n) is 6.37. The number of amides is 1. The summed E-state index contributed by atoms with van der Waals surface area (Å²) in [5.41, 5.74) is -0.326. The summed E-state index contributed by atoms with van der Waals surface area (Å²) in [5.74, 6) is 0.0723. The summed E-state index contributed by atoms with van der Waals surface area (Å²) < 4.78 is 15.5. The first-order chi connectivity index (χ1) is 10.9. The van der Waals surface area contributed by atoms with Crippen molar-refractivity contribution in [3.63, 3.8) is 0 Å². The molecule has 1 aromatic rings. The molecule has 0 atom stereocenters. The number of likely N-dealkylation sites (N-methyl/N-ethyl adjacent to an activating group) is 1. The zero-order valence-electron chi connectivity index (χ0n) is 13.5. The normalized spacial score (nSPS) is 10.9. The van der Waals surface area contributed by atoms with Crippen molar-refractivity contribution in [1.82, 2.24) is 5.06 Å². The number of hydrogen-bond donors (Lipinski definition) is 0. The number of carbonyl (C=O) groups is 1. The van der Waals surface area contributed by atoms with E-state index in [0.717, 1.165) is 11.1 Å². The fourth-order valence-corrected chi connectivity index (χ4v) is 1.78. The van der Waals surface area contributed by atoms with Gasteiger partial charge < -0.3 is 14.2 Å². The predicted molar refractivity (Wildman–Crippen MR) is 80.8 cm³/mol. The molecule has 23 heavy (non-hydrogen) atoms. The average molecular weight is 326 g/mol. The van der Waals surface area contributed by atoms with Crippen LogP contribution in [0.3, 0.4) is 0 Å². The molecule has 0 saturated heterocycles. The van der Waals surface area contributed by atoms with Crippen LogP contribution in [-0.2, 0) is 9.63 Å². The summed E-state index contributed by atoms with van der Waals surface area (Å²) in [5, 5.41) is 11.9. The molecule has 126 valence electrons. The second-order valence-electron chi connectivity index (χ2n) is 4.23. The summed E-state index contributed by atoms with van der Waals surface area (Å²) in [6.45, 7) is 0. The lowest BCUT2D eigenvalue weighted by molar-refractivity contribution is -0.419. The Balaban J connectivity index is 3.42. The first-order valence-corrected chi connectivity index (χ1v) is 6.37. The molecule has 0 heterocycles. The fourth-order valence-electron chi connectivity index (χ4n) is 1.78. The second kappa shape index (κ2) is 7.99. The predicted octanol–water partition coefficient (Wildman–Crippen LogP) is 1.35. The van der Waals surface area contributed by atoms with Crippen LogP contribution in [0.1, 0.15) is 5.56 Å². The molecule has 0 aliphatic rings. The first kappa shape index (κ1) is 18.2. The van der Waals surface area contributed by atoms with E-state index in [1.807, 2.05) is 0 Å². The van der Waals surface area contributed by atoms with E-state index in [0.29, 0.717) is 22.8 Å². The maximum Gasteiger partial charge on any atom is 0.348 e. The number of carbonyl (C=O) groups excluding carboxylic acids is 1. The molecule has 0 aliphatic heterocycles. The summed E-state index contributed by atoms with van der Waals surface area (Å²) >= 11 is 0. The van der Waals surface area contributed by atoms with E-state index in [1.165, 1.54) is 47.6 Å². The lowest BCUT2D eigenvalue weighted by Crippen LogP contribution is -2.29. The largest absolute Gasteiger partial charge is 0.493 e. The number of rotatable bonds is 7. The Morgan fingerprint density at radius 2 is 1.65 bits per heavy atom. The maximum atomic E-state index is 12.0. The van der Waals surface area contributed by atoms with Gasteiger partial charge in [-0.1, -0.05) is 0 Å². The van der Waals surface area contributed by atoms with Crippen molar-refractivity contribution in [3.8, 4) is 17.2 Å². The van der Waals surface area contributed by atoms with Crippen LogP contribution in [0.15, 0.2) is 17.8 Å². The van der Waals surface area contributed by atoms with E-state index in [2.05, 4.69) is 4.84 Å². The van der Waals surface area contributed by atoms with Crippen LogP contribution >= 0.6 is 0 Å². The molecule has 0 fully saturated rings. The minimum atomic E-state index is -0.897. The van der Waals surface area contributed by atoms with Crippen LogP contribution in [0.4, 0.5) is 0 Å². The Kier molecular flexibility index (Phi) is 6.34. The number of benzene rings is 1. The zero-order valence-corrected chi connectivity index (χ0v) is 13.5. The molecule has 0 N–H and O–H groups in total. The number of nitro groups is 1. The van der Waals surface area contributed by atoms with E-state index in [1.54, 1.807) is 0 Å². The third-order valence-corrected chi connectivity index (χ3v) is 2.97. The molecule has 0 aliphatic carbocycles. The lowest BCUT2D eigenvalue weighted by Gasteiger charge is -2.13. The molecule has 0 unspecified atom stereocenters. The number of hydroxylamine groups is 2. The second-order valence-corrected chi connectivity index (χ2v) is 4.23. The molecule has 9 heteroatoms. The molecule has 1 rings (SSSR count). The molecular weight excluding hydrogens is 308 g/mol. The molecule has 0 bridgehead atoms. The fraction of sp³-hybridized carbons (Fsp3) is 0.357. The van der Waals surface area contributed by atoms with Gasteiger partial charge in [-0.05, 0) is 17.7 Å². The minimum absolute atomic E-state index is 0.313. The van der Waals surface area contributed by atoms with E-state index in [-0.39, 0.29) is 0 Å². The highest BCUT2D eigenvalue weighted by Gasteiger charge is 2.26. The van der Waals surface area contributed by atoms with Gasteiger partial charge in [-0.15, -0.1) is 0 Å². The number of ether oxygens (including phenoxy) is 3. The van der Waals surface area contributed by atoms with E-state index < -0.39 is 16.5 Å². The van der Waals surface area contributed by atoms with Crippen molar-refractivity contribution in [2.45, 2.75) is 0 Å². The molecule has 9 nitrogen and oxygen atoms in total. The maximum absolute atomic E-state index is 12.0. The van der Waals surface area contributed by atoms with Crippen LogP contribution in [0.25, 0.3) is 6.08 Å². The van der Waals surface area contributed by atoms with Crippen LogP contribution in [0.2, 0.25) is 0 Å². The quantitative estimate of drug-likeness (QED) is 0.423. The van der Waals surface area contributed by atoms with Gasteiger partial charge in [0.1, 0.15) is 0 Å². The standard InChI is InChI=1S/C14H18N2O7/c1-15(23-5)14(17)10(16(18)19)6-9-7-11(20-2)13(22-4)12(8-9)21-3/h6-8H,1-5H3/b10-6-. The average Bonchev–Trinajstić information content (AvgIpc) is 2.56. The van der Waals surface area contributed by atoms with Crippen molar-refractivity contribution in [2.75, 3.05) is 35.5 Å². The van der Waals surface area contributed by atoms with Gasteiger partial charge in [-0.25, -0.2) is 5.06 Å². The SMILES string of the molecule is COc1cc(/C=C(/C(=O)N(C)OC)[N+](=O)[O-])cc(OC)c1OC. The number of nitrogens with zero attached hydrogens (tertiary/aromatic N) is 2. The highest BCUT2D eigenvalue weighted by molar-refractivity contribution is 5.94. The third kappa shape index (κ3) is 4.10. The molecule has 0 spiro atoms. The molecule has 0 aromatic heterocycles. The Hall–Kier alpha value is -2.81. The molecule has 0 saturated carbocycles. The summed E-state index contributed by atoms with van der Waals surface area (Å²) in [6.07, 6.45) is 1.10. The summed E-state index contributed by atoms with van der Waals surface area (Å²) in [4.78, 5) is 27.0. The summed E-state index contributed by atoms with van der Waals surface area (Å²) in [7, 11) is 6.78. The third-order valence-electron chi connectivity index (χ3n) is 2.97. The van der Waals surface area contributed by atoms with Gasteiger partial charge in [0.05, 0.1) is 33.4 Å². The lowest BCUT2D eigenvalue weighted by atomic mass is 10.1. The topological polar surface area (TPSA) is 100 Å². The van der Waals surface area contributed by atoms with Crippen molar-refractivity contribution in [1.29, 1.82) is 0 Å². The van der Waals surface area contributed by atoms with Gasteiger partial charge in [-0.3, -0.25) is 19.7 Å². The summed E-state index contributed by atoms with van der Waals surface area (Å²) in [6, 6.07) is 2.98. The number of hydrogen-bond acceptors (Lipinski definition) is 7. The highest BCUT2D eigenvalue weighted by atomic mass is 16.7. The van der Waals surface area contributed by atoms with Crippen LogP contribution in [0.5, 0.6) is 17.2 Å². The highest BCUT2D eigenvalue weighted by Crippen LogP contribution is 2.38. The van der Waals surface area contributed by atoms with E-state index in [9.17, 15) is 14.9 Å². The van der Waals surface area contributed by atoms with Crippen molar-refractivity contribution in [3.05, 3.63) is 33.5 Å². The molecule has 1 aromatic carbocycles. The Bertz CT molecular complexity index is 603. The van der Waals surface area contributed by atoms with Gasteiger partial charge in [0.15, 0.2) is 11.5 Å². The van der Waals surface area contributed by atoms with Crippen molar-refractivity contribution < 1.29 is 28.8 Å². The van der Waals surface area contributed by atoms with Crippen molar-refractivity contribution >= 4 is 12.0 Å². The van der Waals surface area contributed by atoms with Gasteiger partial charge in [0.25, 0.3) is 0 Å². The Morgan fingerprint density at radius 1 is 1.13 bits per heavy atom. The van der Waals surface area contributed by atoms with E-state index >= 15 is 0 Å². The smallest absolute Gasteiger partial charge is 0.348 e. The Morgan fingerprint density at radius 3 is 2.00 bits per heavy atom. The van der Waals surface area contributed by atoms with Gasteiger partial charge in [0.2, 0.25) is 5.75 Å².